The summed E-state index contributed by atoms with van der Waals surface area (Å²) in [5.41, 5.74) is 2.89. The number of aromatic nitrogens is 4. The van der Waals surface area contributed by atoms with Crippen LogP contribution >= 0.6 is 11.6 Å². The van der Waals surface area contributed by atoms with Crippen LogP contribution in [0.3, 0.4) is 0 Å². The number of hydrogen-bond donors (Lipinski definition) is 2. The van der Waals surface area contributed by atoms with Crippen molar-refractivity contribution < 1.29 is 0 Å². The fourth-order valence-corrected chi connectivity index (χ4v) is 2.02. The average Bonchev–Trinajstić information content (AvgIpc) is 2.84. The van der Waals surface area contributed by atoms with Crippen LogP contribution in [0.4, 0.5) is 0 Å². The molecule has 18 heavy (non-hydrogen) atoms. The number of rotatable bonds is 2. The van der Waals surface area contributed by atoms with Crippen LogP contribution in [0, 0.1) is 0 Å². The highest BCUT2D eigenvalue weighted by molar-refractivity contribution is 6.31. The summed E-state index contributed by atoms with van der Waals surface area (Å²) in [4.78, 5) is 7.74. The molecule has 0 bridgehead atoms. The third kappa shape index (κ3) is 2.37. The highest BCUT2D eigenvalue weighted by Gasteiger charge is 2.05. The lowest BCUT2D eigenvalue weighted by molar-refractivity contribution is 0.746. The first-order valence-corrected chi connectivity index (χ1v) is 5.71. The molecular formula is C12H14ClN5. The molecule has 0 atom stereocenters. The highest BCUT2D eigenvalue weighted by Crippen LogP contribution is 2.18. The van der Waals surface area contributed by atoms with Crippen molar-refractivity contribution >= 4 is 22.6 Å². The monoisotopic (exact) mass is 263 g/mol. The maximum absolute atomic E-state index is 5.93. The van der Waals surface area contributed by atoms with Crippen LogP contribution in [0.25, 0.3) is 11.0 Å². The fraction of sp³-hybridized carbons (Fsp3) is 0.167. The third-order valence-electron chi connectivity index (χ3n) is 2.61. The van der Waals surface area contributed by atoms with Crippen LogP contribution < -0.4 is 6.15 Å². The van der Waals surface area contributed by atoms with Gasteiger partial charge in [0.2, 0.25) is 0 Å². The maximum atomic E-state index is 5.93. The van der Waals surface area contributed by atoms with E-state index >= 15 is 0 Å². The SMILES string of the molecule is Cn1ccc(Cc2nc3ccc(Cl)cc3[nH]2)n1.N. The summed E-state index contributed by atoms with van der Waals surface area (Å²) in [6.45, 7) is 0. The van der Waals surface area contributed by atoms with Gasteiger partial charge in [0.25, 0.3) is 0 Å². The maximum Gasteiger partial charge on any atom is 0.113 e. The van der Waals surface area contributed by atoms with Crippen molar-refractivity contribution in [3.63, 3.8) is 0 Å². The zero-order valence-electron chi connectivity index (χ0n) is 10.0. The molecule has 5 nitrogen and oxygen atoms in total. The minimum atomic E-state index is 0. The largest absolute Gasteiger partial charge is 0.344 e. The molecule has 0 aliphatic heterocycles. The van der Waals surface area contributed by atoms with Gasteiger partial charge in [-0.25, -0.2) is 4.98 Å². The molecule has 0 aliphatic rings. The smallest absolute Gasteiger partial charge is 0.113 e. The Bertz CT molecular complexity index is 670. The van der Waals surface area contributed by atoms with Crippen LogP contribution in [0.2, 0.25) is 5.02 Å². The van der Waals surface area contributed by atoms with Crippen molar-refractivity contribution in [2.75, 3.05) is 0 Å². The molecule has 3 aromatic rings. The Morgan fingerprint density at radius 2 is 2.17 bits per heavy atom. The number of H-pyrrole nitrogens is 1. The van der Waals surface area contributed by atoms with Gasteiger partial charge in [-0.05, 0) is 24.3 Å². The molecule has 2 heterocycles. The molecule has 2 aromatic heterocycles. The minimum Gasteiger partial charge on any atom is -0.344 e. The average molecular weight is 264 g/mol. The van der Waals surface area contributed by atoms with E-state index < -0.39 is 0 Å². The third-order valence-corrected chi connectivity index (χ3v) is 2.85. The molecule has 3 rings (SSSR count). The summed E-state index contributed by atoms with van der Waals surface area (Å²) in [7, 11) is 1.90. The van der Waals surface area contributed by atoms with Gasteiger partial charge in [0.05, 0.1) is 16.7 Å². The number of benzene rings is 1. The molecule has 0 saturated heterocycles. The lowest BCUT2D eigenvalue weighted by atomic mass is 10.3. The number of fused-ring (bicyclic) bond motifs is 1. The summed E-state index contributed by atoms with van der Waals surface area (Å²) in [6.07, 6.45) is 2.63. The van der Waals surface area contributed by atoms with Gasteiger partial charge in [-0.1, -0.05) is 11.6 Å². The normalized spacial score (nSPS) is 10.6. The van der Waals surface area contributed by atoms with Gasteiger partial charge in [-0.3, -0.25) is 4.68 Å². The lowest BCUT2D eigenvalue weighted by Gasteiger charge is -1.91. The van der Waals surface area contributed by atoms with Crippen molar-refractivity contribution in [2.45, 2.75) is 6.42 Å². The fourth-order valence-electron chi connectivity index (χ4n) is 1.85. The van der Waals surface area contributed by atoms with Gasteiger partial charge < -0.3 is 11.1 Å². The second-order valence-corrected chi connectivity index (χ2v) is 4.44. The minimum absolute atomic E-state index is 0. The van der Waals surface area contributed by atoms with E-state index in [1.807, 2.05) is 37.5 Å². The molecule has 0 amide bonds. The van der Waals surface area contributed by atoms with E-state index in [1.54, 1.807) is 4.68 Å². The summed E-state index contributed by atoms with van der Waals surface area (Å²) in [5, 5.41) is 5.04. The molecule has 0 spiro atoms. The van der Waals surface area contributed by atoms with Crippen LogP contribution in [0.15, 0.2) is 30.5 Å². The van der Waals surface area contributed by atoms with Gasteiger partial charge in [0.1, 0.15) is 5.82 Å². The first-order valence-electron chi connectivity index (χ1n) is 5.33. The van der Waals surface area contributed by atoms with E-state index in [1.165, 1.54) is 0 Å². The first-order chi connectivity index (χ1) is 8.20. The highest BCUT2D eigenvalue weighted by atomic mass is 35.5. The molecule has 0 saturated carbocycles. The van der Waals surface area contributed by atoms with Crippen molar-refractivity contribution in [3.05, 3.63) is 47.0 Å². The topological polar surface area (TPSA) is 81.5 Å². The molecule has 0 unspecified atom stereocenters. The summed E-state index contributed by atoms with van der Waals surface area (Å²) in [5.74, 6) is 0.904. The summed E-state index contributed by atoms with van der Waals surface area (Å²) >= 11 is 5.93. The number of hydrogen-bond acceptors (Lipinski definition) is 3. The summed E-state index contributed by atoms with van der Waals surface area (Å²) in [6, 6.07) is 7.62. The predicted molar refractivity (Wildman–Crippen MR) is 72.1 cm³/mol. The predicted octanol–water partition coefficient (Wildman–Crippen LogP) is 2.70. The molecule has 1 aromatic carbocycles. The van der Waals surface area contributed by atoms with Gasteiger partial charge in [0.15, 0.2) is 0 Å². The van der Waals surface area contributed by atoms with Crippen LogP contribution in [-0.4, -0.2) is 19.7 Å². The van der Waals surface area contributed by atoms with E-state index in [9.17, 15) is 0 Å². The molecule has 4 N–H and O–H groups in total. The van der Waals surface area contributed by atoms with E-state index in [0.29, 0.717) is 11.4 Å². The number of aromatic amines is 1. The number of imidazole rings is 1. The van der Waals surface area contributed by atoms with Crippen molar-refractivity contribution in [3.8, 4) is 0 Å². The second-order valence-electron chi connectivity index (χ2n) is 4.00. The van der Waals surface area contributed by atoms with Crippen LogP contribution in [0.5, 0.6) is 0 Å². The molecule has 6 heteroatoms. The van der Waals surface area contributed by atoms with Crippen molar-refractivity contribution in [2.24, 2.45) is 7.05 Å². The Labute approximate surface area is 109 Å². The number of nitrogens with zero attached hydrogens (tertiary/aromatic N) is 3. The second kappa shape index (κ2) is 4.80. The number of aryl methyl sites for hydroxylation is 1. The Balaban J connectivity index is 0.00000120. The van der Waals surface area contributed by atoms with E-state index in [4.69, 9.17) is 11.6 Å². The Morgan fingerprint density at radius 3 is 2.89 bits per heavy atom. The number of halogens is 1. The summed E-state index contributed by atoms with van der Waals surface area (Å²) < 4.78 is 1.79. The van der Waals surface area contributed by atoms with E-state index in [2.05, 4.69) is 15.1 Å². The molecule has 0 aliphatic carbocycles. The van der Waals surface area contributed by atoms with Gasteiger partial charge in [-0.15, -0.1) is 0 Å². The van der Waals surface area contributed by atoms with Gasteiger partial charge >= 0.3 is 0 Å². The number of nitrogens with one attached hydrogen (secondary N) is 1. The molecule has 94 valence electrons. The van der Waals surface area contributed by atoms with Gasteiger partial charge in [-0.2, -0.15) is 5.10 Å². The molecule has 0 fully saturated rings. The van der Waals surface area contributed by atoms with Crippen molar-refractivity contribution in [1.29, 1.82) is 0 Å². The lowest BCUT2D eigenvalue weighted by Crippen LogP contribution is -1.94. The Hall–Kier alpha value is -1.85. The quantitative estimate of drug-likeness (QED) is 0.746. The zero-order valence-corrected chi connectivity index (χ0v) is 10.8. The molecular weight excluding hydrogens is 250 g/mol. The first kappa shape index (κ1) is 12.6. The van der Waals surface area contributed by atoms with Crippen LogP contribution in [0.1, 0.15) is 11.5 Å². The Morgan fingerprint density at radius 1 is 1.33 bits per heavy atom. The molecule has 0 radical (unpaired) electrons. The van der Waals surface area contributed by atoms with Crippen LogP contribution in [-0.2, 0) is 13.5 Å². The van der Waals surface area contributed by atoms with E-state index in [0.717, 1.165) is 22.6 Å². The van der Waals surface area contributed by atoms with Gasteiger partial charge in [0, 0.05) is 24.7 Å². The zero-order chi connectivity index (χ0) is 11.8. The van der Waals surface area contributed by atoms with E-state index in [-0.39, 0.29) is 6.15 Å². The standard InChI is InChI=1S/C12H11ClN4.H3N/c1-17-5-4-9(16-17)7-12-14-10-3-2-8(13)6-11(10)15-12;/h2-6H,7H2,1H3,(H,14,15);1H3. The van der Waals surface area contributed by atoms with Crippen molar-refractivity contribution in [1.82, 2.24) is 25.9 Å². The Kier molecular flexibility index (Phi) is 3.36.